The van der Waals surface area contributed by atoms with Gasteiger partial charge in [0.2, 0.25) is 4.24 Å². The Bertz CT molecular complexity index is 1090. The fraction of sp³-hybridized carbons (Fsp3) is 0. The molecule has 0 radical (unpaired) electrons. The number of benzene rings is 1. The molecular formula is C8H8O12S4. The average Bonchev–Trinajstić information content (AvgIpc) is 2.30. The van der Waals surface area contributed by atoms with Crippen LogP contribution in [0.3, 0.4) is 0 Å². The lowest BCUT2D eigenvalue weighted by atomic mass is 10.2. The molecule has 136 valence electrons. The van der Waals surface area contributed by atoms with Gasteiger partial charge in [-0.3, -0.25) is 18.2 Å². The van der Waals surface area contributed by atoms with Gasteiger partial charge in [0, 0.05) is 5.56 Å². The Labute approximate surface area is 136 Å². The largest absolute Gasteiger partial charge is 0.309 e. The van der Waals surface area contributed by atoms with Crippen LogP contribution in [0.5, 0.6) is 0 Å². The quantitative estimate of drug-likeness (QED) is 0.428. The fourth-order valence-electron chi connectivity index (χ4n) is 1.60. The highest BCUT2D eigenvalue weighted by Gasteiger charge is 2.39. The van der Waals surface area contributed by atoms with E-state index in [1.54, 1.807) is 0 Å². The molecule has 0 saturated heterocycles. The molecular weight excluding hydrogens is 416 g/mol. The zero-order chi connectivity index (χ0) is 19.1. The average molecular weight is 424 g/mol. The molecule has 12 nitrogen and oxygen atoms in total. The summed E-state index contributed by atoms with van der Waals surface area (Å²) in [5.74, 6) is 0. The van der Waals surface area contributed by atoms with Crippen LogP contribution in [0.2, 0.25) is 0 Å². The molecule has 1 aromatic rings. The third-order valence-corrected chi connectivity index (χ3v) is 7.04. The maximum Gasteiger partial charge on any atom is 0.309 e. The first-order valence-electron chi connectivity index (χ1n) is 5.21. The molecule has 0 aliphatic carbocycles. The summed E-state index contributed by atoms with van der Waals surface area (Å²) in [5.41, 5.74) is -1.33. The predicted octanol–water partition coefficient (Wildman–Crippen LogP) is -0.777. The van der Waals surface area contributed by atoms with Crippen LogP contribution in [0.25, 0.3) is 4.91 Å². The second-order valence-corrected chi connectivity index (χ2v) is 9.74. The second-order valence-electron chi connectivity index (χ2n) is 4.01. The third kappa shape index (κ3) is 4.57. The molecule has 0 saturated carbocycles. The topological polar surface area (TPSA) is 217 Å². The normalized spacial score (nSPS) is 13.5. The van der Waals surface area contributed by atoms with E-state index in [9.17, 15) is 33.7 Å². The molecule has 1 aromatic carbocycles. The molecule has 0 aliphatic rings. The summed E-state index contributed by atoms with van der Waals surface area (Å²) in [4.78, 5) is -3.48. The summed E-state index contributed by atoms with van der Waals surface area (Å²) in [6.07, 6.45) is 0. The zero-order valence-electron chi connectivity index (χ0n) is 11.0. The molecule has 0 aromatic heterocycles. The first kappa shape index (κ1) is 20.6. The first-order valence-corrected chi connectivity index (χ1v) is 11.0. The van der Waals surface area contributed by atoms with E-state index < -0.39 is 60.1 Å². The van der Waals surface area contributed by atoms with Crippen LogP contribution < -0.4 is 0 Å². The van der Waals surface area contributed by atoms with Gasteiger partial charge in [-0.1, -0.05) is 18.2 Å². The minimum atomic E-state index is -5.99. The Hall–Kier alpha value is -1.40. The van der Waals surface area contributed by atoms with Crippen molar-refractivity contribution < 1.29 is 51.9 Å². The number of rotatable bonds is 5. The van der Waals surface area contributed by atoms with Crippen LogP contribution in [0.4, 0.5) is 0 Å². The van der Waals surface area contributed by atoms with E-state index in [1.807, 2.05) is 0 Å². The van der Waals surface area contributed by atoms with Gasteiger partial charge < -0.3 is 0 Å². The summed E-state index contributed by atoms with van der Waals surface area (Å²) in [6.45, 7) is 0. The van der Waals surface area contributed by atoms with Crippen molar-refractivity contribution in [3.05, 3.63) is 34.1 Å². The highest BCUT2D eigenvalue weighted by molar-refractivity contribution is 8.11. The molecule has 4 N–H and O–H groups in total. The maximum absolute atomic E-state index is 11.4. The van der Waals surface area contributed by atoms with Gasteiger partial charge >= 0.3 is 20.2 Å². The lowest BCUT2D eigenvalue weighted by Gasteiger charge is -2.11. The molecule has 24 heavy (non-hydrogen) atoms. The monoisotopic (exact) mass is 424 g/mol. The molecule has 0 aliphatic heterocycles. The molecule has 0 atom stereocenters. The van der Waals surface area contributed by atoms with Crippen LogP contribution in [-0.2, 0) is 40.5 Å². The van der Waals surface area contributed by atoms with Crippen molar-refractivity contribution in [2.45, 2.75) is 4.90 Å². The predicted molar refractivity (Wildman–Crippen MR) is 77.8 cm³/mol. The molecule has 0 bridgehead atoms. The van der Waals surface area contributed by atoms with Gasteiger partial charge in [0.05, 0.1) is 0 Å². The standard InChI is InChI=1S/C8H8O12S4/c9-21(10,11)6-4-2-1-3-5(6)7(22(12,13)14)8(23(15,16)17)24(18,19)20/h1-4H,(H,9,10,11)(H,12,13,14)(H,15,16,17)(H,18,19,20). The van der Waals surface area contributed by atoms with Crippen molar-refractivity contribution in [3.63, 3.8) is 0 Å². The van der Waals surface area contributed by atoms with Crippen molar-refractivity contribution in [2.75, 3.05) is 0 Å². The molecule has 0 unspecified atom stereocenters. The Morgan fingerprint density at radius 3 is 1.42 bits per heavy atom. The van der Waals surface area contributed by atoms with E-state index in [0.29, 0.717) is 12.1 Å². The highest BCUT2D eigenvalue weighted by Crippen LogP contribution is 2.33. The molecule has 0 fully saturated rings. The summed E-state index contributed by atoms with van der Waals surface area (Å²) >= 11 is 0. The molecule has 0 spiro atoms. The number of hydrogen-bond acceptors (Lipinski definition) is 8. The van der Waals surface area contributed by atoms with E-state index in [0.717, 1.165) is 12.1 Å². The van der Waals surface area contributed by atoms with Crippen molar-refractivity contribution in [1.29, 1.82) is 0 Å². The lowest BCUT2D eigenvalue weighted by Crippen LogP contribution is -2.19. The Morgan fingerprint density at radius 2 is 1.08 bits per heavy atom. The lowest BCUT2D eigenvalue weighted by molar-refractivity contribution is 0.475. The summed E-state index contributed by atoms with van der Waals surface area (Å²) < 4.78 is 123. The van der Waals surface area contributed by atoms with Crippen molar-refractivity contribution in [1.82, 2.24) is 0 Å². The Balaban J connectivity index is 4.36. The van der Waals surface area contributed by atoms with Crippen LogP contribution in [0, 0.1) is 0 Å². The van der Waals surface area contributed by atoms with Gasteiger partial charge in [0.15, 0.2) is 0 Å². The van der Waals surface area contributed by atoms with E-state index in [4.69, 9.17) is 18.2 Å². The number of hydrogen-bond donors (Lipinski definition) is 4. The summed E-state index contributed by atoms with van der Waals surface area (Å²) in [7, 11) is -23.0. The van der Waals surface area contributed by atoms with Gasteiger partial charge in [-0.25, -0.2) is 0 Å². The highest BCUT2D eigenvalue weighted by atomic mass is 32.3. The molecule has 1 rings (SSSR count). The molecule has 0 heterocycles. The van der Waals surface area contributed by atoms with Gasteiger partial charge in [-0.15, -0.1) is 0 Å². The Morgan fingerprint density at radius 1 is 0.667 bits per heavy atom. The minimum absolute atomic E-state index is 0.503. The SMILES string of the molecule is O=S(=O)(O)C(=C(S(=O)(=O)O)S(=O)(=O)O)c1ccccc1S(=O)(=O)O. The smallest absolute Gasteiger partial charge is 0.282 e. The minimum Gasteiger partial charge on any atom is -0.282 e. The van der Waals surface area contributed by atoms with Crippen LogP contribution in [-0.4, -0.2) is 51.9 Å². The van der Waals surface area contributed by atoms with Gasteiger partial charge in [0.1, 0.15) is 9.80 Å². The molecule has 16 heteroatoms. The first-order chi connectivity index (χ1) is 10.5. The van der Waals surface area contributed by atoms with Gasteiger partial charge in [-0.05, 0) is 6.07 Å². The summed E-state index contributed by atoms with van der Waals surface area (Å²) in [5, 5.41) is 0. The van der Waals surface area contributed by atoms with Gasteiger partial charge in [-0.2, -0.15) is 33.7 Å². The van der Waals surface area contributed by atoms with E-state index in [-0.39, 0.29) is 0 Å². The molecule has 0 amide bonds. The van der Waals surface area contributed by atoms with E-state index in [1.165, 1.54) is 0 Å². The van der Waals surface area contributed by atoms with Crippen molar-refractivity contribution in [2.24, 2.45) is 0 Å². The third-order valence-electron chi connectivity index (χ3n) is 2.32. The second kappa shape index (κ2) is 6.15. The Kier molecular flexibility index (Phi) is 5.29. The zero-order valence-corrected chi connectivity index (χ0v) is 14.3. The van der Waals surface area contributed by atoms with E-state index in [2.05, 4.69) is 0 Å². The van der Waals surface area contributed by atoms with Crippen LogP contribution in [0.1, 0.15) is 5.56 Å². The van der Waals surface area contributed by atoms with Gasteiger partial charge in [0.25, 0.3) is 20.2 Å². The van der Waals surface area contributed by atoms with Crippen molar-refractivity contribution >= 4 is 45.4 Å². The van der Waals surface area contributed by atoms with Crippen LogP contribution in [0.15, 0.2) is 33.4 Å². The summed E-state index contributed by atoms with van der Waals surface area (Å²) in [6, 6.07) is 2.87. The fourth-order valence-corrected chi connectivity index (χ4v) is 6.05. The van der Waals surface area contributed by atoms with Crippen molar-refractivity contribution in [3.8, 4) is 0 Å². The van der Waals surface area contributed by atoms with Crippen LogP contribution >= 0.6 is 0 Å². The van der Waals surface area contributed by atoms with E-state index >= 15 is 0 Å². The maximum atomic E-state index is 11.4.